The fourth-order valence-corrected chi connectivity index (χ4v) is 1.78. The molecule has 0 atom stereocenters. The first-order chi connectivity index (χ1) is 6.36. The lowest BCUT2D eigenvalue weighted by Gasteiger charge is -2.31. The number of rotatable bonds is 5. The van der Waals surface area contributed by atoms with E-state index in [-0.39, 0.29) is 0 Å². The van der Waals surface area contributed by atoms with E-state index in [2.05, 4.69) is 17.3 Å². The molecule has 0 unspecified atom stereocenters. The van der Waals surface area contributed by atoms with Crippen LogP contribution in [0.15, 0.2) is 0 Å². The fraction of sp³-hybridized carbons (Fsp3) is 1.00. The molecule has 1 heterocycles. The minimum absolute atomic E-state index is 0.739. The van der Waals surface area contributed by atoms with Crippen molar-refractivity contribution in [2.24, 2.45) is 0 Å². The Morgan fingerprint density at radius 3 is 2.62 bits per heavy atom. The second kappa shape index (κ2) is 6.35. The normalized spacial score (nSPS) is 20.8. The summed E-state index contributed by atoms with van der Waals surface area (Å²) >= 11 is 0. The average Bonchev–Trinajstić information content (AvgIpc) is 2.19. The molecule has 3 nitrogen and oxygen atoms in total. The zero-order chi connectivity index (χ0) is 9.52. The lowest BCUT2D eigenvalue weighted by atomic mass is 10.1. The Labute approximate surface area is 81.4 Å². The summed E-state index contributed by atoms with van der Waals surface area (Å²) in [5.74, 6) is 0. The number of ether oxygens (including phenoxy) is 1. The van der Waals surface area contributed by atoms with Gasteiger partial charge in [-0.1, -0.05) is 0 Å². The molecule has 0 aromatic carbocycles. The number of piperidine rings is 1. The van der Waals surface area contributed by atoms with Gasteiger partial charge >= 0.3 is 0 Å². The molecule has 1 aliphatic rings. The minimum atomic E-state index is 0.739. The van der Waals surface area contributed by atoms with Gasteiger partial charge in [0, 0.05) is 19.2 Å². The van der Waals surface area contributed by atoms with Crippen LogP contribution in [0.2, 0.25) is 0 Å². The maximum Gasteiger partial charge on any atom is 0.0593 e. The van der Waals surface area contributed by atoms with E-state index in [0.717, 1.165) is 25.8 Å². The highest BCUT2D eigenvalue weighted by molar-refractivity contribution is 4.75. The highest BCUT2D eigenvalue weighted by atomic mass is 16.5. The molecule has 0 amide bonds. The second-order valence-corrected chi connectivity index (χ2v) is 3.60. The molecule has 3 heteroatoms. The summed E-state index contributed by atoms with van der Waals surface area (Å²) in [7, 11) is 2.06. The molecule has 1 aliphatic heterocycles. The third-order valence-electron chi connectivity index (χ3n) is 2.75. The number of nitrogens with zero attached hydrogens (tertiary/aromatic N) is 1. The Morgan fingerprint density at radius 2 is 2.08 bits per heavy atom. The van der Waals surface area contributed by atoms with Gasteiger partial charge in [-0.2, -0.15) is 0 Å². The molecule has 1 rings (SSSR count). The van der Waals surface area contributed by atoms with Crippen LogP contribution in [0.25, 0.3) is 0 Å². The first kappa shape index (κ1) is 11.0. The molecule has 13 heavy (non-hydrogen) atoms. The predicted octanol–water partition coefficient (Wildman–Crippen LogP) is 0.707. The van der Waals surface area contributed by atoms with Gasteiger partial charge in [0.05, 0.1) is 6.61 Å². The van der Waals surface area contributed by atoms with E-state index in [1.165, 1.54) is 25.9 Å². The van der Waals surface area contributed by atoms with E-state index in [4.69, 9.17) is 4.74 Å². The van der Waals surface area contributed by atoms with Gasteiger partial charge in [0.1, 0.15) is 0 Å². The summed E-state index contributed by atoms with van der Waals surface area (Å²) in [6, 6.07) is 0.739. The zero-order valence-electron chi connectivity index (χ0n) is 8.88. The van der Waals surface area contributed by atoms with E-state index >= 15 is 0 Å². The number of nitrogens with one attached hydrogen (secondary N) is 1. The molecule has 0 bridgehead atoms. The molecule has 1 N–H and O–H groups in total. The van der Waals surface area contributed by atoms with Crippen molar-refractivity contribution in [3.05, 3.63) is 0 Å². The van der Waals surface area contributed by atoms with Gasteiger partial charge in [-0.15, -0.1) is 0 Å². The Bertz CT molecular complexity index is 119. The molecule has 0 aromatic rings. The van der Waals surface area contributed by atoms with Gasteiger partial charge in [0.15, 0.2) is 0 Å². The second-order valence-electron chi connectivity index (χ2n) is 3.60. The van der Waals surface area contributed by atoms with E-state index in [1.54, 1.807) is 0 Å². The van der Waals surface area contributed by atoms with E-state index < -0.39 is 0 Å². The van der Waals surface area contributed by atoms with Crippen LogP contribution in [0, 0.1) is 0 Å². The first-order valence-corrected chi connectivity index (χ1v) is 5.34. The Morgan fingerprint density at radius 1 is 1.38 bits per heavy atom. The van der Waals surface area contributed by atoms with Crippen molar-refractivity contribution in [3.63, 3.8) is 0 Å². The van der Waals surface area contributed by atoms with Crippen LogP contribution < -0.4 is 5.32 Å². The van der Waals surface area contributed by atoms with Gasteiger partial charge < -0.3 is 15.0 Å². The van der Waals surface area contributed by atoms with Gasteiger partial charge in [-0.3, -0.25) is 0 Å². The Balaban J connectivity index is 2.03. The van der Waals surface area contributed by atoms with Crippen molar-refractivity contribution in [2.75, 3.05) is 39.9 Å². The molecule has 0 spiro atoms. The number of likely N-dealkylation sites (tertiary alicyclic amines) is 1. The summed E-state index contributed by atoms with van der Waals surface area (Å²) < 4.78 is 5.33. The van der Waals surface area contributed by atoms with Crippen molar-refractivity contribution < 1.29 is 4.74 Å². The summed E-state index contributed by atoms with van der Waals surface area (Å²) in [5.41, 5.74) is 0. The summed E-state index contributed by atoms with van der Waals surface area (Å²) in [4.78, 5) is 2.49. The third kappa shape index (κ3) is 4.07. The maximum absolute atomic E-state index is 5.33. The Hall–Kier alpha value is -0.120. The van der Waals surface area contributed by atoms with Crippen molar-refractivity contribution in [1.82, 2.24) is 10.2 Å². The predicted molar refractivity (Wildman–Crippen MR) is 55.0 cm³/mol. The fourth-order valence-electron chi connectivity index (χ4n) is 1.78. The lowest BCUT2D eigenvalue weighted by molar-refractivity contribution is 0.100. The van der Waals surface area contributed by atoms with Crippen molar-refractivity contribution in [3.8, 4) is 0 Å². The molecular formula is C10H22N2O. The number of hydrogen-bond acceptors (Lipinski definition) is 3. The van der Waals surface area contributed by atoms with Gasteiger partial charge in [-0.05, 0) is 39.9 Å². The van der Waals surface area contributed by atoms with Crippen LogP contribution in [0.4, 0.5) is 0 Å². The molecule has 0 saturated carbocycles. The highest BCUT2D eigenvalue weighted by Gasteiger charge is 2.16. The van der Waals surface area contributed by atoms with E-state index in [0.29, 0.717) is 0 Å². The molecule has 0 radical (unpaired) electrons. The topological polar surface area (TPSA) is 24.5 Å². The standard InChI is InChI=1S/C10H22N2O/c1-3-13-9-8-12-6-4-10(11-2)5-7-12/h10-11H,3-9H2,1-2H3. The maximum atomic E-state index is 5.33. The first-order valence-electron chi connectivity index (χ1n) is 5.34. The average molecular weight is 186 g/mol. The van der Waals surface area contributed by atoms with Crippen LogP contribution in [0.1, 0.15) is 19.8 Å². The molecule has 0 aromatic heterocycles. The quantitative estimate of drug-likeness (QED) is 0.640. The van der Waals surface area contributed by atoms with Crippen LogP contribution in [-0.2, 0) is 4.74 Å². The van der Waals surface area contributed by atoms with E-state index in [9.17, 15) is 0 Å². The Kier molecular flexibility index (Phi) is 5.35. The SMILES string of the molecule is CCOCCN1CCC(NC)CC1. The largest absolute Gasteiger partial charge is 0.380 e. The summed E-state index contributed by atoms with van der Waals surface area (Å²) in [6.45, 7) is 7.32. The van der Waals surface area contributed by atoms with Crippen LogP contribution in [0.5, 0.6) is 0 Å². The van der Waals surface area contributed by atoms with Crippen LogP contribution in [0.3, 0.4) is 0 Å². The summed E-state index contributed by atoms with van der Waals surface area (Å²) in [6.07, 6.45) is 2.56. The molecule has 1 fully saturated rings. The van der Waals surface area contributed by atoms with E-state index in [1.807, 2.05) is 6.92 Å². The molecule has 0 aliphatic carbocycles. The van der Waals surface area contributed by atoms with Crippen LogP contribution in [-0.4, -0.2) is 50.8 Å². The molecule has 1 saturated heterocycles. The molecule has 78 valence electrons. The lowest BCUT2D eigenvalue weighted by Crippen LogP contribution is -2.42. The summed E-state index contributed by atoms with van der Waals surface area (Å²) in [5, 5.41) is 3.33. The minimum Gasteiger partial charge on any atom is -0.380 e. The smallest absolute Gasteiger partial charge is 0.0593 e. The van der Waals surface area contributed by atoms with Crippen molar-refractivity contribution in [2.45, 2.75) is 25.8 Å². The van der Waals surface area contributed by atoms with Crippen LogP contribution >= 0.6 is 0 Å². The molecular weight excluding hydrogens is 164 g/mol. The third-order valence-corrected chi connectivity index (χ3v) is 2.75. The monoisotopic (exact) mass is 186 g/mol. The van der Waals surface area contributed by atoms with Crippen molar-refractivity contribution in [1.29, 1.82) is 0 Å². The van der Waals surface area contributed by atoms with Gasteiger partial charge in [0.2, 0.25) is 0 Å². The van der Waals surface area contributed by atoms with Crippen molar-refractivity contribution >= 4 is 0 Å². The van der Waals surface area contributed by atoms with Gasteiger partial charge in [0.25, 0.3) is 0 Å². The zero-order valence-corrected chi connectivity index (χ0v) is 8.88. The van der Waals surface area contributed by atoms with Gasteiger partial charge in [-0.25, -0.2) is 0 Å². The highest BCUT2D eigenvalue weighted by Crippen LogP contribution is 2.08. The number of hydrogen-bond donors (Lipinski definition) is 1.